The average Bonchev–Trinajstić information content (AvgIpc) is 2.75. The van der Waals surface area contributed by atoms with Crippen molar-refractivity contribution in [1.29, 1.82) is 0 Å². The zero-order valence-corrected chi connectivity index (χ0v) is 13.1. The molecule has 1 aliphatic carbocycles. The van der Waals surface area contributed by atoms with Crippen LogP contribution in [0.3, 0.4) is 0 Å². The van der Waals surface area contributed by atoms with Crippen molar-refractivity contribution < 1.29 is 19.3 Å². The lowest BCUT2D eigenvalue weighted by molar-refractivity contribution is -0.0487. The van der Waals surface area contributed by atoms with Crippen molar-refractivity contribution in [3.8, 4) is 11.5 Å². The maximum Gasteiger partial charge on any atom is 0.154 e. The summed E-state index contributed by atoms with van der Waals surface area (Å²) in [6, 6.07) is 9.48. The number of phenolic OH excluding ortho intramolecular Hbond substituents is 1. The van der Waals surface area contributed by atoms with Gasteiger partial charge in [-0.25, -0.2) is 4.39 Å². The van der Waals surface area contributed by atoms with E-state index in [2.05, 4.69) is 5.32 Å². The lowest BCUT2D eigenvalue weighted by Crippen LogP contribution is -2.45. The number of likely N-dealkylation sites (N-methyl/N-ethyl adjacent to an activating group) is 1. The van der Waals surface area contributed by atoms with Crippen molar-refractivity contribution in [2.24, 2.45) is 0 Å². The van der Waals surface area contributed by atoms with Gasteiger partial charge in [-0.05, 0) is 49.4 Å². The largest absolute Gasteiger partial charge is 0.508 e. The molecular weight excluding hydrogens is 297 g/mol. The number of fused-ring (bicyclic) bond motifs is 1. The van der Waals surface area contributed by atoms with Crippen molar-refractivity contribution in [3.63, 3.8) is 0 Å². The third-order valence-corrected chi connectivity index (χ3v) is 4.36. The molecule has 0 fully saturated rings. The molecule has 1 aliphatic rings. The van der Waals surface area contributed by atoms with Gasteiger partial charge in [0.1, 0.15) is 22.9 Å². The van der Waals surface area contributed by atoms with Gasteiger partial charge in [0.25, 0.3) is 0 Å². The SMILES string of the molecule is CNCC1(O)Cc2cc(F)ccc2C1Oc1cccc(O)c1C. The van der Waals surface area contributed by atoms with E-state index in [1.807, 2.05) is 0 Å². The second-order valence-corrected chi connectivity index (χ2v) is 6.05. The van der Waals surface area contributed by atoms with E-state index in [4.69, 9.17) is 4.74 Å². The molecule has 0 saturated carbocycles. The van der Waals surface area contributed by atoms with Crippen LogP contribution >= 0.6 is 0 Å². The first-order valence-corrected chi connectivity index (χ1v) is 7.55. The zero-order valence-electron chi connectivity index (χ0n) is 13.1. The Bertz CT molecular complexity index is 734. The molecule has 2 unspecified atom stereocenters. The fourth-order valence-corrected chi connectivity index (χ4v) is 3.19. The molecule has 4 nitrogen and oxygen atoms in total. The number of ether oxygens (including phenoxy) is 1. The van der Waals surface area contributed by atoms with Gasteiger partial charge in [-0.3, -0.25) is 0 Å². The Kier molecular flexibility index (Phi) is 4.00. The normalized spacial score (nSPS) is 22.9. The lowest BCUT2D eigenvalue weighted by atomic mass is 9.97. The van der Waals surface area contributed by atoms with Gasteiger partial charge in [-0.2, -0.15) is 0 Å². The molecule has 0 amide bonds. The maximum absolute atomic E-state index is 13.5. The van der Waals surface area contributed by atoms with Crippen LogP contribution in [0.5, 0.6) is 11.5 Å². The summed E-state index contributed by atoms with van der Waals surface area (Å²) in [4.78, 5) is 0. The Morgan fingerprint density at radius 3 is 2.87 bits per heavy atom. The monoisotopic (exact) mass is 317 g/mol. The van der Waals surface area contributed by atoms with Crippen LogP contribution in [-0.2, 0) is 6.42 Å². The smallest absolute Gasteiger partial charge is 0.154 e. The summed E-state index contributed by atoms with van der Waals surface area (Å²) in [7, 11) is 1.75. The van der Waals surface area contributed by atoms with Crippen LogP contribution in [0, 0.1) is 12.7 Å². The maximum atomic E-state index is 13.5. The van der Waals surface area contributed by atoms with E-state index in [-0.39, 0.29) is 11.6 Å². The average molecular weight is 317 g/mol. The highest BCUT2D eigenvalue weighted by Gasteiger charge is 2.46. The predicted octanol–water partition coefficient (Wildman–Crippen LogP) is 2.47. The number of nitrogens with one attached hydrogen (secondary N) is 1. The summed E-state index contributed by atoms with van der Waals surface area (Å²) >= 11 is 0. The van der Waals surface area contributed by atoms with Gasteiger partial charge >= 0.3 is 0 Å². The highest BCUT2D eigenvalue weighted by molar-refractivity contribution is 5.45. The molecule has 0 heterocycles. The summed E-state index contributed by atoms with van der Waals surface area (Å²) in [5.74, 6) is 0.309. The third-order valence-electron chi connectivity index (χ3n) is 4.36. The van der Waals surface area contributed by atoms with E-state index in [9.17, 15) is 14.6 Å². The summed E-state index contributed by atoms with van der Waals surface area (Å²) in [6.45, 7) is 2.06. The van der Waals surface area contributed by atoms with Crippen LogP contribution in [0.15, 0.2) is 36.4 Å². The number of aromatic hydroxyl groups is 1. The highest BCUT2D eigenvalue weighted by atomic mass is 19.1. The number of phenols is 1. The van der Waals surface area contributed by atoms with Gasteiger partial charge in [0.2, 0.25) is 0 Å². The Morgan fingerprint density at radius 2 is 2.13 bits per heavy atom. The molecule has 0 aromatic heterocycles. The first-order chi connectivity index (χ1) is 10.9. The van der Waals surface area contributed by atoms with Crippen molar-refractivity contribution >= 4 is 0 Å². The summed E-state index contributed by atoms with van der Waals surface area (Å²) in [5, 5.41) is 23.8. The van der Waals surface area contributed by atoms with Crippen LogP contribution in [0.4, 0.5) is 4.39 Å². The number of hydrogen-bond acceptors (Lipinski definition) is 4. The fourth-order valence-electron chi connectivity index (χ4n) is 3.19. The number of hydrogen-bond donors (Lipinski definition) is 3. The van der Waals surface area contributed by atoms with Gasteiger partial charge in [-0.1, -0.05) is 12.1 Å². The first-order valence-electron chi connectivity index (χ1n) is 7.55. The predicted molar refractivity (Wildman–Crippen MR) is 85.2 cm³/mol. The summed E-state index contributed by atoms with van der Waals surface area (Å²) in [6.07, 6.45) is -0.324. The van der Waals surface area contributed by atoms with Gasteiger partial charge in [-0.15, -0.1) is 0 Å². The van der Waals surface area contributed by atoms with Gasteiger partial charge in [0.15, 0.2) is 6.10 Å². The number of benzene rings is 2. The van der Waals surface area contributed by atoms with Crippen LogP contribution in [0.1, 0.15) is 22.8 Å². The van der Waals surface area contributed by atoms with Crippen LogP contribution in [0.2, 0.25) is 0 Å². The Morgan fingerprint density at radius 1 is 1.35 bits per heavy atom. The molecule has 3 rings (SSSR count). The lowest BCUT2D eigenvalue weighted by Gasteiger charge is -2.31. The van der Waals surface area contributed by atoms with Crippen molar-refractivity contribution in [2.45, 2.75) is 25.0 Å². The van der Waals surface area contributed by atoms with Crippen LogP contribution in [0.25, 0.3) is 0 Å². The molecule has 0 radical (unpaired) electrons. The van der Waals surface area contributed by atoms with Crippen LogP contribution < -0.4 is 10.1 Å². The molecule has 0 aliphatic heterocycles. The minimum atomic E-state index is -1.18. The Hall–Kier alpha value is -2.11. The molecule has 0 spiro atoms. The quantitative estimate of drug-likeness (QED) is 0.811. The van der Waals surface area contributed by atoms with Gasteiger partial charge in [0.05, 0.1) is 0 Å². The van der Waals surface area contributed by atoms with E-state index in [1.165, 1.54) is 12.1 Å². The molecule has 122 valence electrons. The molecule has 2 aromatic carbocycles. The molecule has 5 heteroatoms. The van der Waals surface area contributed by atoms with E-state index in [0.717, 1.165) is 11.1 Å². The molecule has 0 bridgehead atoms. The summed E-state index contributed by atoms with van der Waals surface area (Å²) in [5.41, 5.74) is 0.940. The minimum Gasteiger partial charge on any atom is -0.508 e. The number of aliphatic hydroxyl groups is 1. The highest BCUT2D eigenvalue weighted by Crippen LogP contribution is 2.43. The van der Waals surface area contributed by atoms with E-state index >= 15 is 0 Å². The number of rotatable bonds is 4. The summed E-state index contributed by atoms with van der Waals surface area (Å²) < 4.78 is 19.5. The van der Waals surface area contributed by atoms with Crippen molar-refractivity contribution in [1.82, 2.24) is 5.32 Å². The van der Waals surface area contributed by atoms with Gasteiger partial charge < -0.3 is 20.3 Å². The van der Waals surface area contributed by atoms with E-state index < -0.39 is 11.7 Å². The molecule has 3 N–H and O–H groups in total. The zero-order chi connectivity index (χ0) is 16.6. The van der Waals surface area contributed by atoms with E-state index in [0.29, 0.717) is 24.3 Å². The van der Waals surface area contributed by atoms with Crippen molar-refractivity contribution in [2.75, 3.05) is 13.6 Å². The van der Waals surface area contributed by atoms with Crippen molar-refractivity contribution in [3.05, 3.63) is 58.9 Å². The fraction of sp³-hybridized carbons (Fsp3) is 0.333. The number of halogens is 1. The third kappa shape index (κ3) is 2.78. The Balaban J connectivity index is 2.02. The molecule has 2 aromatic rings. The minimum absolute atomic E-state index is 0.136. The molecular formula is C18H20FNO3. The Labute approximate surface area is 134 Å². The second kappa shape index (κ2) is 5.83. The molecule has 23 heavy (non-hydrogen) atoms. The van der Waals surface area contributed by atoms with E-state index in [1.54, 1.807) is 38.2 Å². The molecule has 0 saturated heterocycles. The first kappa shape index (κ1) is 15.8. The van der Waals surface area contributed by atoms with Crippen LogP contribution in [-0.4, -0.2) is 29.4 Å². The topological polar surface area (TPSA) is 61.7 Å². The standard InChI is InChI=1S/C18H20FNO3/c1-11-15(21)4-3-5-16(11)23-17-14-7-6-13(19)8-12(14)9-18(17,22)10-20-2/h3-8,17,20-22H,9-10H2,1-2H3. The van der Waals surface area contributed by atoms with Gasteiger partial charge in [0, 0.05) is 18.5 Å². The molecule has 2 atom stereocenters. The second-order valence-electron chi connectivity index (χ2n) is 6.05.